The summed E-state index contributed by atoms with van der Waals surface area (Å²) in [5.41, 5.74) is 0.303. The lowest BCUT2D eigenvalue weighted by Gasteiger charge is -2.13. The monoisotopic (exact) mass is 271 g/mol. The van der Waals surface area contributed by atoms with Crippen LogP contribution < -0.4 is 10.1 Å². The molecule has 98 valence electrons. The number of ether oxygens (including phenoxy) is 2. The molecule has 1 rings (SSSR count). The molecule has 18 heavy (non-hydrogen) atoms. The fraction of sp³-hybridized carbons (Fsp3) is 0.333. The van der Waals surface area contributed by atoms with E-state index in [0.717, 1.165) is 0 Å². The second-order valence-corrected chi connectivity index (χ2v) is 4.00. The third-order valence-electron chi connectivity index (χ3n) is 2.31. The lowest BCUT2D eigenvalue weighted by molar-refractivity contribution is -0.142. The molecule has 1 amide bonds. The Morgan fingerprint density at radius 3 is 2.56 bits per heavy atom. The van der Waals surface area contributed by atoms with E-state index in [2.05, 4.69) is 10.1 Å². The molecule has 0 aliphatic heterocycles. The molecule has 6 heteroatoms. The van der Waals surface area contributed by atoms with Crippen molar-refractivity contribution in [1.29, 1.82) is 0 Å². The van der Waals surface area contributed by atoms with Crippen molar-refractivity contribution in [2.75, 3.05) is 14.2 Å². The van der Waals surface area contributed by atoms with Crippen molar-refractivity contribution < 1.29 is 19.1 Å². The summed E-state index contributed by atoms with van der Waals surface area (Å²) in [5, 5.41) is 2.97. The maximum Gasteiger partial charge on any atom is 0.328 e. The number of carbonyl (C=O) groups is 2. The summed E-state index contributed by atoms with van der Waals surface area (Å²) in [7, 11) is 2.69. The molecule has 0 aromatic heterocycles. The summed E-state index contributed by atoms with van der Waals surface area (Å²) < 4.78 is 9.57. The molecule has 0 radical (unpaired) electrons. The normalized spacial score (nSPS) is 11.6. The molecule has 0 unspecified atom stereocenters. The van der Waals surface area contributed by atoms with Crippen molar-refractivity contribution in [3.05, 3.63) is 28.8 Å². The van der Waals surface area contributed by atoms with E-state index in [1.807, 2.05) is 0 Å². The minimum atomic E-state index is -0.733. The molecule has 1 aromatic rings. The number of hydrogen-bond donors (Lipinski definition) is 1. The molecule has 0 heterocycles. The second kappa shape index (κ2) is 6.26. The topological polar surface area (TPSA) is 64.6 Å². The molecule has 0 bridgehead atoms. The molecule has 0 fully saturated rings. The number of halogens is 1. The SMILES string of the molecule is COC(=O)[C@H](C)NC(=O)c1ccc(Cl)cc1OC. The number of amides is 1. The van der Waals surface area contributed by atoms with E-state index in [1.54, 1.807) is 6.07 Å². The lowest BCUT2D eigenvalue weighted by atomic mass is 10.1. The summed E-state index contributed by atoms with van der Waals surface area (Å²) in [5.74, 6) is -0.602. The Bertz CT molecular complexity index is 461. The quantitative estimate of drug-likeness (QED) is 0.846. The standard InChI is InChI=1S/C12H14ClNO4/c1-7(12(16)18-3)14-11(15)9-5-4-8(13)6-10(9)17-2/h4-7H,1-3H3,(H,14,15)/t7-/m0/s1. The van der Waals surface area contributed by atoms with Gasteiger partial charge in [0.15, 0.2) is 0 Å². The van der Waals surface area contributed by atoms with Crippen LogP contribution >= 0.6 is 11.6 Å². The Hall–Kier alpha value is -1.75. The van der Waals surface area contributed by atoms with Crippen LogP contribution in [0.25, 0.3) is 0 Å². The summed E-state index contributed by atoms with van der Waals surface area (Å²) in [6.07, 6.45) is 0. The van der Waals surface area contributed by atoms with E-state index in [1.165, 1.54) is 33.3 Å². The van der Waals surface area contributed by atoms with E-state index in [-0.39, 0.29) is 0 Å². The van der Waals surface area contributed by atoms with Crippen LogP contribution in [0.5, 0.6) is 5.75 Å². The minimum absolute atomic E-state index is 0.303. The van der Waals surface area contributed by atoms with Gasteiger partial charge < -0.3 is 14.8 Å². The van der Waals surface area contributed by atoms with Crippen molar-refractivity contribution in [1.82, 2.24) is 5.32 Å². The molecule has 0 saturated carbocycles. The van der Waals surface area contributed by atoms with Crippen LogP contribution in [0, 0.1) is 0 Å². The van der Waals surface area contributed by atoms with Gasteiger partial charge in [0, 0.05) is 5.02 Å². The number of methoxy groups -OCH3 is 2. The molecule has 0 spiro atoms. The highest BCUT2D eigenvalue weighted by atomic mass is 35.5. The molecule has 1 aromatic carbocycles. The molecule has 1 N–H and O–H groups in total. The minimum Gasteiger partial charge on any atom is -0.496 e. The zero-order chi connectivity index (χ0) is 13.7. The highest BCUT2D eigenvalue weighted by Crippen LogP contribution is 2.23. The Balaban J connectivity index is 2.87. The van der Waals surface area contributed by atoms with Crippen LogP contribution in [0.15, 0.2) is 18.2 Å². The largest absolute Gasteiger partial charge is 0.496 e. The fourth-order valence-electron chi connectivity index (χ4n) is 1.36. The lowest BCUT2D eigenvalue weighted by Crippen LogP contribution is -2.39. The summed E-state index contributed by atoms with van der Waals surface area (Å²) in [6.45, 7) is 1.53. The van der Waals surface area contributed by atoms with Crippen LogP contribution in [-0.4, -0.2) is 32.1 Å². The highest BCUT2D eigenvalue weighted by Gasteiger charge is 2.19. The van der Waals surface area contributed by atoms with Crippen molar-refractivity contribution in [3.8, 4) is 5.75 Å². The average Bonchev–Trinajstić information content (AvgIpc) is 2.37. The van der Waals surface area contributed by atoms with Gasteiger partial charge in [0.2, 0.25) is 0 Å². The molecule has 0 aliphatic carbocycles. The Morgan fingerprint density at radius 2 is 2.00 bits per heavy atom. The zero-order valence-electron chi connectivity index (χ0n) is 10.3. The van der Waals surface area contributed by atoms with Gasteiger partial charge in [0.25, 0.3) is 5.91 Å². The summed E-state index contributed by atoms with van der Waals surface area (Å²) in [6, 6.07) is 3.89. The highest BCUT2D eigenvalue weighted by molar-refractivity contribution is 6.30. The average molecular weight is 272 g/mol. The summed E-state index contributed by atoms with van der Waals surface area (Å²) in [4.78, 5) is 23.1. The molecule has 0 aliphatic rings. The van der Waals surface area contributed by atoms with Gasteiger partial charge in [0.1, 0.15) is 11.8 Å². The molecular formula is C12H14ClNO4. The van der Waals surface area contributed by atoms with Crippen LogP contribution in [0.1, 0.15) is 17.3 Å². The van der Waals surface area contributed by atoms with E-state index >= 15 is 0 Å². The Kier molecular flexibility index (Phi) is 4.97. The van der Waals surface area contributed by atoms with Crippen LogP contribution in [0.4, 0.5) is 0 Å². The van der Waals surface area contributed by atoms with Gasteiger partial charge in [0.05, 0.1) is 19.8 Å². The number of carbonyl (C=O) groups excluding carboxylic acids is 2. The van der Waals surface area contributed by atoms with Crippen LogP contribution in [0.3, 0.4) is 0 Å². The van der Waals surface area contributed by atoms with Gasteiger partial charge in [-0.2, -0.15) is 0 Å². The van der Waals surface area contributed by atoms with Crippen molar-refractivity contribution in [2.45, 2.75) is 13.0 Å². The molecule has 5 nitrogen and oxygen atoms in total. The van der Waals surface area contributed by atoms with Crippen molar-refractivity contribution in [2.24, 2.45) is 0 Å². The maximum atomic E-state index is 11.9. The smallest absolute Gasteiger partial charge is 0.328 e. The Labute approximate surface area is 110 Å². The van der Waals surface area contributed by atoms with E-state index in [9.17, 15) is 9.59 Å². The van der Waals surface area contributed by atoms with Gasteiger partial charge in [-0.05, 0) is 25.1 Å². The second-order valence-electron chi connectivity index (χ2n) is 3.56. The first-order valence-electron chi connectivity index (χ1n) is 5.21. The van der Waals surface area contributed by atoms with Gasteiger partial charge in [-0.1, -0.05) is 11.6 Å². The van der Waals surface area contributed by atoms with Crippen LogP contribution in [-0.2, 0) is 9.53 Å². The number of benzene rings is 1. The first kappa shape index (κ1) is 14.3. The third kappa shape index (κ3) is 3.37. The third-order valence-corrected chi connectivity index (χ3v) is 2.55. The predicted octanol–water partition coefficient (Wildman–Crippen LogP) is 1.64. The van der Waals surface area contributed by atoms with Gasteiger partial charge in [-0.25, -0.2) is 4.79 Å². The molecular weight excluding hydrogens is 258 g/mol. The van der Waals surface area contributed by atoms with E-state index in [0.29, 0.717) is 16.3 Å². The first-order valence-corrected chi connectivity index (χ1v) is 5.59. The number of rotatable bonds is 4. The molecule has 0 saturated heterocycles. The van der Waals surface area contributed by atoms with E-state index in [4.69, 9.17) is 16.3 Å². The fourth-order valence-corrected chi connectivity index (χ4v) is 1.52. The van der Waals surface area contributed by atoms with Gasteiger partial charge in [-0.3, -0.25) is 4.79 Å². The van der Waals surface area contributed by atoms with Crippen LogP contribution in [0.2, 0.25) is 5.02 Å². The Morgan fingerprint density at radius 1 is 1.33 bits per heavy atom. The predicted molar refractivity (Wildman–Crippen MR) is 66.9 cm³/mol. The van der Waals surface area contributed by atoms with Crippen molar-refractivity contribution >= 4 is 23.5 Å². The first-order chi connectivity index (χ1) is 8.49. The van der Waals surface area contributed by atoms with Crippen molar-refractivity contribution in [3.63, 3.8) is 0 Å². The van der Waals surface area contributed by atoms with Gasteiger partial charge in [-0.15, -0.1) is 0 Å². The number of hydrogen-bond acceptors (Lipinski definition) is 4. The van der Waals surface area contributed by atoms with Gasteiger partial charge >= 0.3 is 5.97 Å². The number of esters is 1. The number of nitrogens with one attached hydrogen (secondary N) is 1. The van der Waals surface area contributed by atoms with E-state index < -0.39 is 17.9 Å². The zero-order valence-corrected chi connectivity index (χ0v) is 11.1. The molecule has 1 atom stereocenters. The maximum absolute atomic E-state index is 11.9. The summed E-state index contributed by atoms with van der Waals surface area (Å²) >= 11 is 5.79.